The van der Waals surface area contributed by atoms with Crippen molar-refractivity contribution in [2.75, 3.05) is 5.75 Å². The number of sulfone groups is 1. The van der Waals surface area contributed by atoms with Crippen LogP contribution in [0.15, 0.2) is 12.2 Å². The molecular weight excluding hydrogens is 119 g/mol. The van der Waals surface area contributed by atoms with Gasteiger partial charge in [-0.3, -0.25) is 0 Å². The Kier molecular flexibility index (Phi) is 2.68. The molecule has 0 saturated heterocycles. The summed E-state index contributed by atoms with van der Waals surface area (Å²) in [4.78, 5) is 0. The molecule has 4 heteroatoms. The van der Waals surface area contributed by atoms with Crippen LogP contribution in [0.1, 0.15) is 0 Å². The van der Waals surface area contributed by atoms with Gasteiger partial charge in [-0.2, -0.15) is 0 Å². The van der Waals surface area contributed by atoms with E-state index < -0.39 is 9.84 Å². The SMILES string of the molecule is O=S1(=O)[CH-]C=CC1.[Li+]. The summed E-state index contributed by atoms with van der Waals surface area (Å²) in [6.45, 7) is 0. The molecule has 0 spiro atoms. The molecule has 0 atom stereocenters. The van der Waals surface area contributed by atoms with Crippen molar-refractivity contribution < 1.29 is 27.3 Å². The minimum Gasteiger partial charge on any atom is -0.244 e. The van der Waals surface area contributed by atoms with Gasteiger partial charge in [-0.15, -0.1) is 5.75 Å². The molecule has 0 unspecified atom stereocenters. The third-order valence-corrected chi connectivity index (χ3v) is 1.98. The van der Waals surface area contributed by atoms with Gasteiger partial charge in [0.25, 0.3) is 0 Å². The van der Waals surface area contributed by atoms with Gasteiger partial charge in [0.2, 0.25) is 0 Å². The Balaban J connectivity index is 0.000000490. The molecule has 1 aliphatic heterocycles. The average molecular weight is 124 g/mol. The number of hydrogen-bond donors (Lipinski definition) is 0. The second-order valence-electron chi connectivity index (χ2n) is 1.39. The topological polar surface area (TPSA) is 34.1 Å². The van der Waals surface area contributed by atoms with E-state index in [1.165, 1.54) is 5.75 Å². The first kappa shape index (κ1) is 8.16. The predicted molar refractivity (Wildman–Crippen MR) is 27.2 cm³/mol. The van der Waals surface area contributed by atoms with Crippen molar-refractivity contribution in [1.29, 1.82) is 0 Å². The zero-order chi connectivity index (χ0) is 5.33. The van der Waals surface area contributed by atoms with Gasteiger partial charge in [0.1, 0.15) is 0 Å². The number of rotatable bonds is 0. The Morgan fingerprint density at radius 2 is 2.12 bits per heavy atom. The van der Waals surface area contributed by atoms with Gasteiger partial charge in [0, 0.05) is 0 Å². The Morgan fingerprint density at radius 1 is 1.50 bits per heavy atom. The normalized spacial score (nSPS) is 21.5. The first-order chi connectivity index (χ1) is 3.21. The quantitative estimate of drug-likeness (QED) is 0.257. The Labute approximate surface area is 61.1 Å². The van der Waals surface area contributed by atoms with Gasteiger partial charge >= 0.3 is 18.9 Å². The molecule has 1 aliphatic rings. The van der Waals surface area contributed by atoms with Crippen LogP contribution in [-0.2, 0) is 9.84 Å². The van der Waals surface area contributed by atoms with Crippen LogP contribution in [0.3, 0.4) is 0 Å². The molecule has 2 nitrogen and oxygen atoms in total. The molecule has 1 rings (SSSR count). The third kappa shape index (κ3) is 1.95. The average Bonchev–Trinajstić information content (AvgIpc) is 1.84. The van der Waals surface area contributed by atoms with E-state index >= 15 is 0 Å². The van der Waals surface area contributed by atoms with E-state index in [1.54, 1.807) is 12.2 Å². The van der Waals surface area contributed by atoms with Crippen molar-refractivity contribution in [2.24, 2.45) is 0 Å². The maximum atomic E-state index is 10.3. The van der Waals surface area contributed by atoms with Gasteiger partial charge in [-0.25, -0.2) is 20.6 Å². The summed E-state index contributed by atoms with van der Waals surface area (Å²) in [5, 5.41) is 0. The van der Waals surface area contributed by atoms with Crippen LogP contribution in [0.4, 0.5) is 0 Å². The van der Waals surface area contributed by atoms with Crippen molar-refractivity contribution in [3.63, 3.8) is 0 Å². The molecule has 0 aromatic rings. The van der Waals surface area contributed by atoms with Gasteiger partial charge < -0.3 is 0 Å². The van der Waals surface area contributed by atoms with Crippen molar-refractivity contribution in [3.05, 3.63) is 17.9 Å². The molecule has 40 valence electrons. The van der Waals surface area contributed by atoms with Gasteiger partial charge in [-0.1, -0.05) is 0 Å². The predicted octanol–water partition coefficient (Wildman–Crippen LogP) is -2.86. The molecule has 0 N–H and O–H groups in total. The van der Waals surface area contributed by atoms with Crippen LogP contribution in [0, 0.1) is 5.75 Å². The molecule has 0 saturated carbocycles. The molecule has 0 aromatic heterocycles. The summed E-state index contributed by atoms with van der Waals surface area (Å²) in [7, 11) is -2.78. The van der Waals surface area contributed by atoms with E-state index in [1.807, 2.05) is 0 Å². The largest absolute Gasteiger partial charge is 1.00 e. The zero-order valence-corrected chi connectivity index (χ0v) is 5.48. The monoisotopic (exact) mass is 124 g/mol. The second-order valence-corrected chi connectivity index (χ2v) is 3.32. The molecular formula is C4H5LiO2S. The zero-order valence-electron chi connectivity index (χ0n) is 4.66. The Hall–Kier alpha value is 0.157. The Morgan fingerprint density at radius 3 is 2.25 bits per heavy atom. The smallest absolute Gasteiger partial charge is 0.244 e. The maximum Gasteiger partial charge on any atom is 1.00 e. The molecule has 0 fully saturated rings. The summed E-state index contributed by atoms with van der Waals surface area (Å²) in [6, 6.07) is 0. The van der Waals surface area contributed by atoms with Crippen molar-refractivity contribution in [3.8, 4) is 0 Å². The summed E-state index contributed by atoms with van der Waals surface area (Å²) < 4.78 is 20.6. The van der Waals surface area contributed by atoms with Crippen LogP contribution in [0.25, 0.3) is 0 Å². The fourth-order valence-electron chi connectivity index (χ4n) is 0.420. The van der Waals surface area contributed by atoms with E-state index in [-0.39, 0.29) is 24.6 Å². The van der Waals surface area contributed by atoms with Crippen molar-refractivity contribution >= 4 is 9.84 Å². The standard InChI is InChI=1S/C4H5O2S.Li/c5-7(6)3-1-2-4-7;/h1-3H,4H2;/q-1;+1. The van der Waals surface area contributed by atoms with E-state index in [0.29, 0.717) is 0 Å². The molecule has 1 heterocycles. The molecule has 0 amide bonds. The fraction of sp³-hybridized carbons (Fsp3) is 0.250. The second kappa shape index (κ2) is 2.63. The van der Waals surface area contributed by atoms with Gasteiger partial charge in [0.15, 0.2) is 0 Å². The van der Waals surface area contributed by atoms with Crippen molar-refractivity contribution in [1.82, 2.24) is 0 Å². The first-order valence-corrected chi connectivity index (χ1v) is 3.65. The molecule has 0 aromatic carbocycles. The minimum absolute atomic E-state index is 0. The van der Waals surface area contributed by atoms with Gasteiger partial charge in [0.05, 0.1) is 9.84 Å². The van der Waals surface area contributed by atoms with Crippen molar-refractivity contribution in [2.45, 2.75) is 0 Å². The molecule has 0 radical (unpaired) electrons. The summed E-state index contributed by atoms with van der Waals surface area (Å²) in [5.74, 6) is 1.40. The molecule has 0 bridgehead atoms. The van der Waals surface area contributed by atoms with E-state index in [4.69, 9.17) is 0 Å². The van der Waals surface area contributed by atoms with Crippen LogP contribution >= 0.6 is 0 Å². The van der Waals surface area contributed by atoms with Crippen LogP contribution in [-0.4, -0.2) is 14.2 Å². The summed E-state index contributed by atoms with van der Waals surface area (Å²) in [6.07, 6.45) is 3.17. The van der Waals surface area contributed by atoms with Crippen LogP contribution in [0.5, 0.6) is 0 Å². The van der Waals surface area contributed by atoms with E-state index in [0.717, 1.165) is 0 Å². The number of hydrogen-bond acceptors (Lipinski definition) is 2. The minimum atomic E-state index is -2.78. The van der Waals surface area contributed by atoms with Crippen LogP contribution < -0.4 is 18.9 Å². The maximum absolute atomic E-state index is 10.3. The molecule has 0 aliphatic carbocycles. The van der Waals surface area contributed by atoms with E-state index in [9.17, 15) is 8.42 Å². The Bertz CT molecular complexity index is 166. The first-order valence-electron chi connectivity index (χ1n) is 1.93. The van der Waals surface area contributed by atoms with E-state index in [2.05, 4.69) is 0 Å². The summed E-state index contributed by atoms with van der Waals surface area (Å²) in [5.41, 5.74) is 0. The van der Waals surface area contributed by atoms with Gasteiger partial charge in [-0.05, 0) is 5.75 Å². The third-order valence-electron chi connectivity index (χ3n) is 0.751. The van der Waals surface area contributed by atoms with Crippen LogP contribution in [0.2, 0.25) is 0 Å². The fourth-order valence-corrected chi connectivity index (χ4v) is 1.26. The summed E-state index contributed by atoms with van der Waals surface area (Å²) >= 11 is 0. The molecule has 8 heavy (non-hydrogen) atoms.